The Hall–Kier alpha value is -3.07. The highest BCUT2D eigenvalue weighted by Crippen LogP contribution is 2.33. The minimum atomic E-state index is -4.37. The Kier molecular flexibility index (Phi) is 7.40. The van der Waals surface area contributed by atoms with Gasteiger partial charge in [0.25, 0.3) is 0 Å². The number of carbonyl (C=O) groups excluding carboxylic acids is 1. The molecule has 0 fully saturated rings. The molecule has 170 valence electrons. The lowest BCUT2D eigenvalue weighted by Crippen LogP contribution is -2.14. The topological polar surface area (TPSA) is 57.7 Å². The van der Waals surface area contributed by atoms with Crippen molar-refractivity contribution < 1.29 is 32.2 Å². The zero-order chi connectivity index (χ0) is 23.3. The van der Waals surface area contributed by atoms with E-state index < -0.39 is 17.7 Å². The minimum absolute atomic E-state index is 0.165. The number of nitrogens with zero attached hydrogens (tertiary/aromatic N) is 1. The van der Waals surface area contributed by atoms with Crippen molar-refractivity contribution in [2.24, 2.45) is 0 Å². The summed E-state index contributed by atoms with van der Waals surface area (Å²) >= 11 is 1.38. The first kappa shape index (κ1) is 23.6. The Bertz CT molecular complexity index is 1080. The summed E-state index contributed by atoms with van der Waals surface area (Å²) in [5, 5.41) is 0.633. The fourth-order valence-electron chi connectivity index (χ4n) is 2.85. The molecule has 2 aromatic carbocycles. The van der Waals surface area contributed by atoms with Crippen LogP contribution in [0.4, 0.5) is 13.2 Å². The van der Waals surface area contributed by atoms with E-state index in [1.165, 1.54) is 23.5 Å². The van der Waals surface area contributed by atoms with Gasteiger partial charge in [-0.15, -0.1) is 11.3 Å². The molecule has 0 spiro atoms. The predicted octanol–water partition coefficient (Wildman–Crippen LogP) is 5.97. The summed E-state index contributed by atoms with van der Waals surface area (Å²) in [5.74, 6) is 0.746. The Morgan fingerprint density at radius 1 is 1.06 bits per heavy atom. The number of ether oxygens (including phenoxy) is 3. The van der Waals surface area contributed by atoms with Crippen LogP contribution in [0.5, 0.6) is 11.5 Å². The van der Waals surface area contributed by atoms with E-state index in [9.17, 15) is 18.0 Å². The molecule has 0 saturated carbocycles. The molecule has 0 bridgehead atoms. The maximum absolute atomic E-state index is 12.8. The second kappa shape index (κ2) is 10.0. The van der Waals surface area contributed by atoms with Crippen molar-refractivity contribution in [3.05, 3.63) is 64.2 Å². The summed E-state index contributed by atoms with van der Waals surface area (Å²) in [6.07, 6.45) is -4.37. The number of aromatic nitrogens is 1. The first-order valence-electron chi connectivity index (χ1n) is 9.83. The van der Waals surface area contributed by atoms with E-state index in [0.29, 0.717) is 28.7 Å². The van der Waals surface area contributed by atoms with Crippen LogP contribution in [0.3, 0.4) is 0 Å². The van der Waals surface area contributed by atoms with Gasteiger partial charge < -0.3 is 14.2 Å². The van der Waals surface area contributed by atoms with Gasteiger partial charge in [0.2, 0.25) is 0 Å². The third-order valence-electron chi connectivity index (χ3n) is 4.52. The van der Waals surface area contributed by atoms with E-state index in [-0.39, 0.29) is 13.2 Å². The van der Waals surface area contributed by atoms with Crippen LogP contribution in [-0.2, 0) is 22.3 Å². The lowest BCUT2D eigenvalue weighted by atomic mass is 10.1. The van der Waals surface area contributed by atoms with Crippen molar-refractivity contribution in [2.45, 2.75) is 33.6 Å². The van der Waals surface area contributed by atoms with Crippen molar-refractivity contribution in [3.63, 3.8) is 0 Å². The Balaban J connectivity index is 1.63. The quantitative estimate of drug-likeness (QED) is 0.384. The van der Waals surface area contributed by atoms with Gasteiger partial charge in [-0.25, -0.2) is 9.78 Å². The van der Waals surface area contributed by atoms with Crippen LogP contribution in [0.15, 0.2) is 42.5 Å². The van der Waals surface area contributed by atoms with E-state index in [1.807, 2.05) is 13.8 Å². The summed E-state index contributed by atoms with van der Waals surface area (Å²) in [7, 11) is 0. The van der Waals surface area contributed by atoms with Crippen molar-refractivity contribution in [2.75, 3.05) is 13.2 Å². The molecular weight excluding hydrogens is 443 g/mol. The van der Waals surface area contributed by atoms with Crippen molar-refractivity contribution in [1.82, 2.24) is 4.98 Å². The van der Waals surface area contributed by atoms with Crippen molar-refractivity contribution in [3.8, 4) is 22.1 Å². The highest BCUT2D eigenvalue weighted by atomic mass is 32.1. The van der Waals surface area contributed by atoms with Crippen molar-refractivity contribution >= 4 is 17.3 Å². The number of alkyl halides is 3. The van der Waals surface area contributed by atoms with Crippen LogP contribution in [0.2, 0.25) is 0 Å². The van der Waals surface area contributed by atoms with Gasteiger partial charge in [-0.05, 0) is 56.7 Å². The van der Waals surface area contributed by atoms with Gasteiger partial charge in [0, 0.05) is 5.56 Å². The minimum Gasteiger partial charge on any atom is -0.488 e. The average Bonchev–Trinajstić information content (AvgIpc) is 3.12. The monoisotopic (exact) mass is 465 g/mol. The fraction of sp³-hybridized carbons (Fsp3) is 0.304. The molecule has 0 aliphatic rings. The van der Waals surface area contributed by atoms with Gasteiger partial charge in [-0.2, -0.15) is 13.2 Å². The maximum Gasteiger partial charge on any atom is 0.416 e. The van der Waals surface area contributed by atoms with Gasteiger partial charge in [0.15, 0.2) is 6.61 Å². The van der Waals surface area contributed by atoms with E-state index >= 15 is 0 Å². The first-order valence-corrected chi connectivity index (χ1v) is 10.6. The second-order valence-corrected chi connectivity index (χ2v) is 8.00. The number of halogens is 3. The SMILES string of the molecule is CCOC(=O)COc1ccc(OCc2sc(-c3ccc(C(F)(F)F)cc3)nc2C)cc1C. The number of hydrogen-bond donors (Lipinski definition) is 0. The second-order valence-electron chi connectivity index (χ2n) is 6.91. The number of carbonyl (C=O) groups is 1. The molecule has 0 radical (unpaired) electrons. The van der Waals surface area contributed by atoms with E-state index in [2.05, 4.69) is 4.98 Å². The van der Waals surface area contributed by atoms with Crippen LogP contribution in [0.1, 0.15) is 28.6 Å². The Morgan fingerprint density at radius 3 is 2.41 bits per heavy atom. The highest BCUT2D eigenvalue weighted by molar-refractivity contribution is 7.15. The molecule has 3 aromatic rings. The maximum atomic E-state index is 12.8. The third-order valence-corrected chi connectivity index (χ3v) is 5.70. The van der Waals surface area contributed by atoms with Crippen LogP contribution in [0, 0.1) is 13.8 Å². The zero-order valence-corrected chi connectivity index (χ0v) is 18.6. The summed E-state index contributed by atoms with van der Waals surface area (Å²) < 4.78 is 54.4. The largest absolute Gasteiger partial charge is 0.488 e. The number of hydrogen-bond acceptors (Lipinski definition) is 6. The summed E-state index contributed by atoms with van der Waals surface area (Å²) in [4.78, 5) is 16.8. The van der Waals surface area contributed by atoms with E-state index in [0.717, 1.165) is 28.3 Å². The molecule has 0 N–H and O–H groups in total. The van der Waals surface area contributed by atoms with Crippen LogP contribution in [0.25, 0.3) is 10.6 Å². The molecule has 3 rings (SSSR count). The molecule has 5 nitrogen and oxygen atoms in total. The number of aryl methyl sites for hydroxylation is 2. The molecule has 0 atom stereocenters. The van der Waals surface area contributed by atoms with Crippen LogP contribution < -0.4 is 9.47 Å². The lowest BCUT2D eigenvalue weighted by molar-refractivity contribution is -0.145. The average molecular weight is 465 g/mol. The molecule has 0 aliphatic heterocycles. The summed E-state index contributed by atoms with van der Waals surface area (Å²) in [5.41, 5.74) is 1.49. The summed E-state index contributed by atoms with van der Waals surface area (Å²) in [6, 6.07) is 10.2. The molecule has 0 amide bonds. The predicted molar refractivity (Wildman–Crippen MR) is 115 cm³/mol. The number of thiazole rings is 1. The number of rotatable bonds is 8. The molecule has 0 aliphatic carbocycles. The summed E-state index contributed by atoms with van der Waals surface area (Å²) in [6.45, 7) is 5.81. The highest BCUT2D eigenvalue weighted by Gasteiger charge is 2.30. The fourth-order valence-corrected chi connectivity index (χ4v) is 3.83. The normalized spacial score (nSPS) is 11.3. The van der Waals surface area contributed by atoms with Gasteiger partial charge in [-0.3, -0.25) is 0 Å². The lowest BCUT2D eigenvalue weighted by Gasteiger charge is -2.11. The van der Waals surface area contributed by atoms with E-state index in [4.69, 9.17) is 14.2 Å². The molecule has 0 unspecified atom stereocenters. The van der Waals surface area contributed by atoms with E-state index in [1.54, 1.807) is 25.1 Å². The smallest absolute Gasteiger partial charge is 0.416 e. The first-order chi connectivity index (χ1) is 15.2. The van der Waals surface area contributed by atoms with Crippen molar-refractivity contribution in [1.29, 1.82) is 0 Å². The molecule has 1 aromatic heterocycles. The number of esters is 1. The van der Waals surface area contributed by atoms with Crippen LogP contribution in [-0.4, -0.2) is 24.2 Å². The Morgan fingerprint density at radius 2 is 1.78 bits per heavy atom. The van der Waals surface area contributed by atoms with Gasteiger partial charge >= 0.3 is 12.1 Å². The van der Waals surface area contributed by atoms with Gasteiger partial charge in [-0.1, -0.05) is 12.1 Å². The number of benzene rings is 2. The zero-order valence-electron chi connectivity index (χ0n) is 17.8. The van der Waals surface area contributed by atoms with Gasteiger partial charge in [0.1, 0.15) is 23.1 Å². The molecule has 0 saturated heterocycles. The van der Waals surface area contributed by atoms with Crippen LogP contribution >= 0.6 is 11.3 Å². The molecule has 1 heterocycles. The third kappa shape index (κ3) is 6.00. The molecule has 32 heavy (non-hydrogen) atoms. The Labute approximate surface area is 187 Å². The standard InChI is InChI=1S/C23H22F3NO4S/c1-4-29-21(28)13-31-19-10-9-18(11-14(19)2)30-12-20-15(3)27-22(32-20)16-5-7-17(8-6-16)23(24,25)26/h5-11H,4,12-13H2,1-3H3. The van der Waals surface area contributed by atoms with Gasteiger partial charge in [0.05, 0.1) is 22.7 Å². The molecule has 9 heteroatoms. The molecular formula is C23H22F3NO4S.